The minimum atomic E-state index is 0.350. The zero-order chi connectivity index (χ0) is 12.1. The summed E-state index contributed by atoms with van der Waals surface area (Å²) in [7, 11) is 0. The summed E-state index contributed by atoms with van der Waals surface area (Å²) < 4.78 is 3.05. The van der Waals surface area contributed by atoms with E-state index in [9.17, 15) is 0 Å². The fourth-order valence-corrected chi connectivity index (χ4v) is 2.14. The van der Waals surface area contributed by atoms with Gasteiger partial charge in [0.05, 0.1) is 6.54 Å². The summed E-state index contributed by atoms with van der Waals surface area (Å²) in [5.41, 5.74) is 1.29. The van der Waals surface area contributed by atoms with E-state index in [0.717, 1.165) is 17.6 Å². The molecular formula is C13H16BrN3. The molecular weight excluding hydrogens is 278 g/mol. The van der Waals surface area contributed by atoms with Crippen molar-refractivity contribution < 1.29 is 0 Å². The second-order valence-electron chi connectivity index (χ2n) is 4.00. The van der Waals surface area contributed by atoms with Crippen LogP contribution in [0.2, 0.25) is 0 Å². The highest BCUT2D eigenvalue weighted by Gasteiger charge is 2.04. The second kappa shape index (κ2) is 5.98. The quantitative estimate of drug-likeness (QED) is 0.918. The van der Waals surface area contributed by atoms with Crippen LogP contribution in [0.5, 0.6) is 0 Å². The standard InChI is InChI=1S/C13H16BrN3/c1-11(12-4-2-5-13(14)10-12)15-7-9-17-8-3-6-16-17/h2-6,8,10-11,15H,7,9H2,1H3. The molecule has 0 saturated carbocycles. The van der Waals surface area contributed by atoms with Crippen molar-refractivity contribution in [3.05, 3.63) is 52.8 Å². The smallest absolute Gasteiger partial charge is 0.0534 e. The fourth-order valence-electron chi connectivity index (χ4n) is 1.72. The van der Waals surface area contributed by atoms with Crippen molar-refractivity contribution in [1.82, 2.24) is 15.1 Å². The first-order chi connectivity index (χ1) is 8.25. The van der Waals surface area contributed by atoms with E-state index in [2.05, 4.69) is 51.5 Å². The second-order valence-corrected chi connectivity index (χ2v) is 4.92. The van der Waals surface area contributed by atoms with Crippen LogP contribution in [0.1, 0.15) is 18.5 Å². The van der Waals surface area contributed by atoms with Crippen LogP contribution in [-0.4, -0.2) is 16.3 Å². The van der Waals surface area contributed by atoms with Crippen LogP contribution in [0, 0.1) is 0 Å². The van der Waals surface area contributed by atoms with Crippen LogP contribution in [0.25, 0.3) is 0 Å². The Kier molecular flexibility index (Phi) is 4.34. The molecule has 0 aliphatic heterocycles. The van der Waals surface area contributed by atoms with Crippen LogP contribution < -0.4 is 5.32 Å². The fraction of sp³-hybridized carbons (Fsp3) is 0.308. The molecule has 1 heterocycles. The van der Waals surface area contributed by atoms with E-state index in [4.69, 9.17) is 0 Å². The topological polar surface area (TPSA) is 29.9 Å². The average Bonchev–Trinajstić information content (AvgIpc) is 2.82. The summed E-state index contributed by atoms with van der Waals surface area (Å²) >= 11 is 3.49. The highest BCUT2D eigenvalue weighted by atomic mass is 79.9. The first-order valence-corrected chi connectivity index (χ1v) is 6.51. The first-order valence-electron chi connectivity index (χ1n) is 5.72. The maximum atomic E-state index is 4.17. The third-order valence-corrected chi connectivity index (χ3v) is 3.19. The van der Waals surface area contributed by atoms with Crippen LogP contribution in [0.15, 0.2) is 47.2 Å². The number of nitrogens with zero attached hydrogens (tertiary/aromatic N) is 2. The van der Waals surface area contributed by atoms with Gasteiger partial charge in [-0.2, -0.15) is 5.10 Å². The molecule has 1 unspecified atom stereocenters. The van der Waals surface area contributed by atoms with E-state index in [-0.39, 0.29) is 0 Å². The molecule has 2 aromatic rings. The molecule has 90 valence electrons. The number of hydrogen-bond donors (Lipinski definition) is 1. The molecule has 0 spiro atoms. The minimum absolute atomic E-state index is 0.350. The molecule has 4 heteroatoms. The van der Waals surface area contributed by atoms with Gasteiger partial charge in [0.2, 0.25) is 0 Å². The van der Waals surface area contributed by atoms with Gasteiger partial charge in [0.25, 0.3) is 0 Å². The van der Waals surface area contributed by atoms with E-state index >= 15 is 0 Å². The molecule has 0 aliphatic carbocycles. The Labute approximate surface area is 110 Å². The molecule has 1 aromatic carbocycles. The van der Waals surface area contributed by atoms with E-state index in [0.29, 0.717) is 6.04 Å². The molecule has 1 N–H and O–H groups in total. The molecule has 2 rings (SSSR count). The zero-order valence-electron chi connectivity index (χ0n) is 9.81. The predicted octanol–water partition coefficient (Wildman–Crippen LogP) is 3.00. The van der Waals surface area contributed by atoms with Gasteiger partial charge in [-0.3, -0.25) is 4.68 Å². The van der Waals surface area contributed by atoms with Gasteiger partial charge < -0.3 is 5.32 Å². The van der Waals surface area contributed by atoms with Gasteiger partial charge in [-0.15, -0.1) is 0 Å². The Morgan fingerprint density at radius 1 is 1.41 bits per heavy atom. The molecule has 1 aromatic heterocycles. The van der Waals surface area contributed by atoms with Crippen LogP contribution in [0.3, 0.4) is 0 Å². The van der Waals surface area contributed by atoms with E-state index in [1.807, 2.05) is 23.0 Å². The van der Waals surface area contributed by atoms with Crippen LogP contribution in [0.4, 0.5) is 0 Å². The lowest BCUT2D eigenvalue weighted by Gasteiger charge is -2.14. The summed E-state index contributed by atoms with van der Waals surface area (Å²) in [6, 6.07) is 10.7. The SMILES string of the molecule is CC(NCCn1cccn1)c1cccc(Br)c1. The highest BCUT2D eigenvalue weighted by molar-refractivity contribution is 9.10. The lowest BCUT2D eigenvalue weighted by Crippen LogP contribution is -2.23. The van der Waals surface area contributed by atoms with Gasteiger partial charge in [-0.05, 0) is 30.7 Å². The molecule has 0 bridgehead atoms. The summed E-state index contributed by atoms with van der Waals surface area (Å²) in [6.45, 7) is 3.98. The molecule has 17 heavy (non-hydrogen) atoms. The van der Waals surface area contributed by atoms with Gasteiger partial charge in [0.15, 0.2) is 0 Å². The number of aromatic nitrogens is 2. The minimum Gasteiger partial charge on any atom is -0.308 e. The molecule has 0 amide bonds. The normalized spacial score (nSPS) is 12.6. The van der Waals surface area contributed by atoms with Gasteiger partial charge in [0, 0.05) is 29.5 Å². The maximum Gasteiger partial charge on any atom is 0.0534 e. The van der Waals surface area contributed by atoms with Gasteiger partial charge in [-0.1, -0.05) is 28.1 Å². The molecule has 3 nitrogen and oxygen atoms in total. The molecule has 1 atom stereocenters. The third kappa shape index (κ3) is 3.68. The lowest BCUT2D eigenvalue weighted by molar-refractivity contribution is 0.507. The third-order valence-electron chi connectivity index (χ3n) is 2.70. The largest absolute Gasteiger partial charge is 0.308 e. The number of rotatable bonds is 5. The Morgan fingerprint density at radius 3 is 3.00 bits per heavy atom. The van der Waals surface area contributed by atoms with Gasteiger partial charge >= 0.3 is 0 Å². The van der Waals surface area contributed by atoms with Crippen molar-refractivity contribution in [2.45, 2.75) is 19.5 Å². The maximum absolute atomic E-state index is 4.17. The Hall–Kier alpha value is -1.13. The Balaban J connectivity index is 1.83. The molecule has 0 fully saturated rings. The summed E-state index contributed by atoms with van der Waals surface area (Å²) in [5.74, 6) is 0. The van der Waals surface area contributed by atoms with Gasteiger partial charge in [0.1, 0.15) is 0 Å². The van der Waals surface area contributed by atoms with Crippen molar-refractivity contribution in [2.75, 3.05) is 6.54 Å². The predicted molar refractivity (Wildman–Crippen MR) is 72.8 cm³/mol. The van der Waals surface area contributed by atoms with Crippen molar-refractivity contribution in [2.24, 2.45) is 0 Å². The number of hydrogen-bond acceptors (Lipinski definition) is 2. The molecule has 0 radical (unpaired) electrons. The highest BCUT2D eigenvalue weighted by Crippen LogP contribution is 2.17. The number of benzene rings is 1. The summed E-state index contributed by atoms with van der Waals surface area (Å²) in [4.78, 5) is 0. The summed E-state index contributed by atoms with van der Waals surface area (Å²) in [6.07, 6.45) is 3.78. The van der Waals surface area contributed by atoms with Crippen LogP contribution >= 0.6 is 15.9 Å². The summed E-state index contributed by atoms with van der Waals surface area (Å²) in [5, 5.41) is 7.65. The molecule has 0 aliphatic rings. The number of halogens is 1. The van der Waals surface area contributed by atoms with Crippen molar-refractivity contribution in [3.8, 4) is 0 Å². The van der Waals surface area contributed by atoms with Crippen molar-refractivity contribution in [1.29, 1.82) is 0 Å². The lowest BCUT2D eigenvalue weighted by atomic mass is 10.1. The van der Waals surface area contributed by atoms with Crippen molar-refractivity contribution >= 4 is 15.9 Å². The first kappa shape index (κ1) is 12.3. The number of nitrogens with one attached hydrogen (secondary N) is 1. The molecule has 0 saturated heterocycles. The van der Waals surface area contributed by atoms with Gasteiger partial charge in [-0.25, -0.2) is 0 Å². The monoisotopic (exact) mass is 293 g/mol. The Bertz CT molecular complexity index is 453. The van der Waals surface area contributed by atoms with Crippen LogP contribution in [-0.2, 0) is 6.54 Å². The van der Waals surface area contributed by atoms with E-state index < -0.39 is 0 Å². The van der Waals surface area contributed by atoms with E-state index in [1.165, 1.54) is 5.56 Å². The Morgan fingerprint density at radius 2 is 2.29 bits per heavy atom. The van der Waals surface area contributed by atoms with E-state index in [1.54, 1.807) is 6.20 Å². The zero-order valence-corrected chi connectivity index (χ0v) is 11.4. The average molecular weight is 294 g/mol. The van der Waals surface area contributed by atoms with Crippen molar-refractivity contribution in [3.63, 3.8) is 0 Å².